The number of aromatic nitrogens is 2. The highest BCUT2D eigenvalue weighted by atomic mass is 32.2. The van der Waals surface area contributed by atoms with Crippen LogP contribution in [0.25, 0.3) is 6.08 Å². The second-order valence-corrected chi connectivity index (χ2v) is 16.3. The molecule has 1 atom stereocenters. The molecule has 2 aliphatic rings. The molecule has 22 nitrogen and oxygen atoms in total. The molecule has 1 saturated heterocycles. The molecule has 4 heterocycles. The number of rotatable bonds is 19. The average molecular weight is 901 g/mol. The normalized spacial score (nSPS) is 15.0. The third-order valence-electron chi connectivity index (χ3n) is 9.28. The molecule has 0 saturated carbocycles. The zero-order chi connectivity index (χ0) is 45.3. The van der Waals surface area contributed by atoms with Crippen LogP contribution < -0.4 is 30.7 Å². The molecule has 2 aliphatic heterocycles. The summed E-state index contributed by atoms with van der Waals surface area (Å²) in [6.45, 7) is 0.239. The van der Waals surface area contributed by atoms with Gasteiger partial charge in [0.05, 0.1) is 46.6 Å². The van der Waals surface area contributed by atoms with E-state index in [1.807, 2.05) is 0 Å². The van der Waals surface area contributed by atoms with E-state index in [0.717, 1.165) is 16.2 Å². The Hall–Kier alpha value is -7.62. The largest absolute Gasteiger partial charge is 0.478 e. The predicted octanol–water partition coefficient (Wildman–Crippen LogP) is 2.38. The number of fused-ring (bicyclic) bond motifs is 1. The Morgan fingerprint density at radius 1 is 1.10 bits per heavy atom. The van der Waals surface area contributed by atoms with Gasteiger partial charge >= 0.3 is 5.00 Å². The summed E-state index contributed by atoms with van der Waals surface area (Å²) < 4.78 is 39.4. The molecule has 4 aromatic rings. The number of amides is 6. The SMILES string of the molecule is COc1nc(CCCNC(=O)COCCNc2cccc3c2C(=O)N(C2CCC(=O)NC2=O)C3=O)cnc1NS(=O)(=O)c1ccc(NC(=O)/C(C#N)=C/c2ccc([N+](=O)[O-])s2)cc1. The number of nitro groups is 1. The topological polar surface area (TPSA) is 311 Å². The molecule has 2 aromatic carbocycles. The predicted molar refractivity (Wildman–Crippen MR) is 223 cm³/mol. The number of benzene rings is 2. The number of aryl methyl sites for hydroxylation is 1. The van der Waals surface area contributed by atoms with E-state index < -0.39 is 56.4 Å². The number of carbonyl (C=O) groups is 6. The van der Waals surface area contributed by atoms with Crippen molar-refractivity contribution < 1.29 is 51.6 Å². The van der Waals surface area contributed by atoms with E-state index in [1.54, 1.807) is 18.2 Å². The van der Waals surface area contributed by atoms with Gasteiger partial charge in [-0.1, -0.05) is 17.4 Å². The number of piperidine rings is 1. The highest BCUT2D eigenvalue weighted by molar-refractivity contribution is 7.92. The van der Waals surface area contributed by atoms with Gasteiger partial charge < -0.3 is 25.4 Å². The second-order valence-electron chi connectivity index (χ2n) is 13.5. The lowest BCUT2D eigenvalue weighted by atomic mass is 10.0. The Morgan fingerprint density at radius 2 is 1.87 bits per heavy atom. The minimum atomic E-state index is -4.22. The third kappa shape index (κ3) is 10.8. The van der Waals surface area contributed by atoms with E-state index in [1.165, 1.54) is 61.8 Å². The van der Waals surface area contributed by atoms with Crippen LogP contribution >= 0.6 is 11.3 Å². The molecule has 0 aliphatic carbocycles. The van der Waals surface area contributed by atoms with Crippen molar-refractivity contribution in [2.45, 2.75) is 36.6 Å². The first-order valence-corrected chi connectivity index (χ1v) is 21.1. The van der Waals surface area contributed by atoms with Gasteiger partial charge in [-0.2, -0.15) is 5.26 Å². The molecule has 24 heteroatoms. The molecule has 1 unspecified atom stereocenters. The van der Waals surface area contributed by atoms with Crippen LogP contribution in [0.1, 0.15) is 50.5 Å². The fraction of sp³-hybridized carbons (Fsp3) is 0.256. The quantitative estimate of drug-likeness (QED) is 0.0225. The lowest BCUT2D eigenvalue weighted by molar-refractivity contribution is -0.380. The maximum Gasteiger partial charge on any atom is 0.324 e. The molecule has 326 valence electrons. The van der Waals surface area contributed by atoms with Crippen LogP contribution in [0.3, 0.4) is 0 Å². The summed E-state index contributed by atoms with van der Waals surface area (Å²) >= 11 is 0.789. The number of nitriles is 1. The number of ether oxygens (including phenoxy) is 2. The number of sulfonamides is 1. The summed E-state index contributed by atoms with van der Waals surface area (Å²) in [4.78, 5) is 95.0. The Morgan fingerprint density at radius 3 is 2.57 bits per heavy atom. The van der Waals surface area contributed by atoms with Crippen LogP contribution in [0, 0.1) is 21.4 Å². The first-order valence-electron chi connectivity index (χ1n) is 18.8. The highest BCUT2D eigenvalue weighted by Crippen LogP contribution is 2.32. The van der Waals surface area contributed by atoms with Crippen LogP contribution in [0.5, 0.6) is 5.88 Å². The van der Waals surface area contributed by atoms with E-state index in [9.17, 15) is 52.6 Å². The number of carbonyl (C=O) groups excluding carboxylic acids is 6. The van der Waals surface area contributed by atoms with Gasteiger partial charge in [0.15, 0.2) is 0 Å². The molecular formula is C39H36N10O12S2. The summed E-state index contributed by atoms with van der Waals surface area (Å²) in [6.07, 6.45) is 3.37. The van der Waals surface area contributed by atoms with Crippen LogP contribution in [-0.2, 0) is 40.4 Å². The van der Waals surface area contributed by atoms with E-state index in [2.05, 4.69) is 36.0 Å². The molecule has 6 amide bonds. The minimum absolute atomic E-state index is 0.00533. The molecule has 0 spiro atoms. The summed E-state index contributed by atoms with van der Waals surface area (Å²) in [5.41, 5.74) is 0.880. The summed E-state index contributed by atoms with van der Waals surface area (Å²) in [5.74, 6) is -3.96. The lowest BCUT2D eigenvalue weighted by Crippen LogP contribution is -2.54. The van der Waals surface area contributed by atoms with E-state index >= 15 is 0 Å². The molecule has 0 radical (unpaired) electrons. The number of methoxy groups -OCH3 is 1. The Labute approximate surface area is 361 Å². The molecule has 6 rings (SSSR count). The van der Waals surface area contributed by atoms with Gasteiger partial charge in [0, 0.05) is 41.8 Å². The molecular weight excluding hydrogens is 865 g/mol. The van der Waals surface area contributed by atoms with Crippen LogP contribution in [0.15, 0.2) is 71.3 Å². The van der Waals surface area contributed by atoms with Crippen molar-refractivity contribution >= 4 is 85.1 Å². The first-order chi connectivity index (χ1) is 30.2. The smallest absolute Gasteiger partial charge is 0.324 e. The van der Waals surface area contributed by atoms with Crippen molar-refractivity contribution in [2.24, 2.45) is 0 Å². The average Bonchev–Trinajstić information content (AvgIpc) is 3.84. The van der Waals surface area contributed by atoms with Gasteiger partial charge in [0.25, 0.3) is 33.6 Å². The third-order valence-corrected chi connectivity index (χ3v) is 11.6. The molecule has 0 bridgehead atoms. The number of imide groups is 2. The van der Waals surface area contributed by atoms with Crippen molar-refractivity contribution in [1.29, 1.82) is 5.26 Å². The van der Waals surface area contributed by atoms with E-state index in [0.29, 0.717) is 29.1 Å². The zero-order valence-electron chi connectivity index (χ0n) is 33.0. The molecule has 63 heavy (non-hydrogen) atoms. The van der Waals surface area contributed by atoms with Crippen molar-refractivity contribution in [3.05, 3.63) is 98.2 Å². The molecule has 2 aromatic heterocycles. The lowest BCUT2D eigenvalue weighted by Gasteiger charge is -2.27. The fourth-order valence-electron chi connectivity index (χ4n) is 6.28. The molecule has 1 fully saturated rings. The second kappa shape index (κ2) is 19.8. The summed E-state index contributed by atoms with van der Waals surface area (Å²) in [6, 6.07) is 13.0. The van der Waals surface area contributed by atoms with Crippen molar-refractivity contribution in [2.75, 3.05) is 48.8 Å². The Bertz CT molecular complexity index is 2680. The summed E-state index contributed by atoms with van der Waals surface area (Å²) in [5, 5.41) is 30.6. The number of nitrogens with zero attached hydrogens (tertiary/aromatic N) is 5. The van der Waals surface area contributed by atoms with Gasteiger partial charge in [-0.3, -0.25) is 53.8 Å². The number of hydrogen-bond donors (Lipinski definition) is 5. The zero-order valence-corrected chi connectivity index (χ0v) is 34.7. The Kier molecular flexibility index (Phi) is 14.1. The van der Waals surface area contributed by atoms with Crippen LogP contribution in [0.4, 0.5) is 22.2 Å². The van der Waals surface area contributed by atoms with E-state index in [-0.39, 0.29) is 83.1 Å². The number of thiophene rings is 1. The number of nitrogens with one attached hydrogen (secondary N) is 5. The van der Waals surface area contributed by atoms with Gasteiger partial charge in [-0.05, 0) is 67.8 Å². The fourth-order valence-corrected chi connectivity index (χ4v) is 8.06. The maximum absolute atomic E-state index is 13.2. The van der Waals surface area contributed by atoms with Crippen molar-refractivity contribution in [1.82, 2.24) is 25.5 Å². The summed E-state index contributed by atoms with van der Waals surface area (Å²) in [7, 11) is -2.93. The van der Waals surface area contributed by atoms with Crippen LogP contribution in [-0.4, -0.2) is 103 Å². The van der Waals surface area contributed by atoms with Crippen molar-refractivity contribution in [3.8, 4) is 11.9 Å². The number of anilines is 3. The molecule has 5 N–H and O–H groups in total. The van der Waals surface area contributed by atoms with Gasteiger partial charge in [-0.15, -0.1) is 0 Å². The van der Waals surface area contributed by atoms with Crippen LogP contribution in [0.2, 0.25) is 0 Å². The van der Waals surface area contributed by atoms with Gasteiger partial charge in [0.2, 0.25) is 23.5 Å². The minimum Gasteiger partial charge on any atom is -0.478 e. The monoisotopic (exact) mass is 900 g/mol. The van der Waals surface area contributed by atoms with E-state index in [4.69, 9.17) is 9.47 Å². The Balaban J connectivity index is 0.915. The maximum atomic E-state index is 13.2. The van der Waals surface area contributed by atoms with Crippen molar-refractivity contribution in [3.63, 3.8) is 0 Å². The standard InChI is InChI=1S/C39H36N10O12S2/c1-60-37-34(47-63(58,59)26-10-7-23(8-11-26)44-35(52)22(19-40)18-25-9-14-32(62-25)49(56)57)43-20-24(45-37)4-3-15-42-31(51)21-61-17-16-41-28-6-2-5-27-33(28)39(55)48(38(27)54)29-12-13-30(50)46-36(29)53/h2,5-11,14,18,20,29,41H,3-4,12-13,15-17,21H2,1H3,(H,42,51)(H,43,47)(H,44,52)(H,46,50,53)/b22-18+. The van der Waals surface area contributed by atoms with Gasteiger partial charge in [-0.25, -0.2) is 18.4 Å². The van der Waals surface area contributed by atoms with Gasteiger partial charge in [0.1, 0.15) is 24.3 Å². The first kappa shape index (κ1) is 44.9. The highest BCUT2D eigenvalue weighted by Gasteiger charge is 2.45. The number of hydrogen-bond acceptors (Lipinski definition) is 17.